The highest BCUT2D eigenvalue weighted by molar-refractivity contribution is 5.95. The van der Waals surface area contributed by atoms with Crippen molar-refractivity contribution in [1.82, 2.24) is 21.0 Å². The highest BCUT2D eigenvalue weighted by Crippen LogP contribution is 2.29. The average molecular weight is 505 g/mol. The van der Waals surface area contributed by atoms with E-state index in [9.17, 15) is 34.0 Å². The molecule has 3 rings (SSSR count). The monoisotopic (exact) mass is 504 g/mol. The molecule has 194 valence electrons. The van der Waals surface area contributed by atoms with Crippen LogP contribution in [0.3, 0.4) is 0 Å². The average Bonchev–Trinajstić information content (AvgIpc) is 3.00. The minimum absolute atomic E-state index is 0.00177. The van der Waals surface area contributed by atoms with Crippen LogP contribution < -0.4 is 21.3 Å². The van der Waals surface area contributed by atoms with Crippen LogP contribution in [0, 0.1) is 11.1 Å². The molecule has 2 heterocycles. The van der Waals surface area contributed by atoms with Crippen LogP contribution >= 0.6 is 0 Å². The third-order valence-corrected chi connectivity index (χ3v) is 5.97. The summed E-state index contributed by atoms with van der Waals surface area (Å²) >= 11 is 0. The second kappa shape index (κ2) is 11.2. The van der Waals surface area contributed by atoms with Gasteiger partial charge in [-0.1, -0.05) is 0 Å². The molecule has 0 aliphatic carbocycles. The number of nitrogens with one attached hydrogen (secondary N) is 4. The molecule has 1 aromatic rings. The van der Waals surface area contributed by atoms with Gasteiger partial charge in [-0.3, -0.25) is 29.3 Å². The highest BCUT2D eigenvalue weighted by atomic mass is 16.6. The van der Waals surface area contributed by atoms with E-state index in [1.807, 2.05) is 0 Å². The number of carbonyl (C=O) groups is 6. The number of fused-ring (bicyclic) bond motifs is 1. The Balaban J connectivity index is 1.77. The van der Waals surface area contributed by atoms with Crippen molar-refractivity contribution in [1.29, 1.82) is 0 Å². The van der Waals surface area contributed by atoms with Crippen LogP contribution in [0.5, 0.6) is 0 Å². The molecule has 1 aromatic carbocycles. The normalized spacial score (nSPS) is 24.5. The molecule has 2 aliphatic rings. The molecule has 2 saturated heterocycles. The number of nitrogens with zero attached hydrogens (tertiary/aromatic N) is 2. The topological polar surface area (TPSA) is 197 Å². The first-order valence-electron chi connectivity index (χ1n) is 11.3. The van der Waals surface area contributed by atoms with Crippen LogP contribution in [0.1, 0.15) is 36.5 Å². The number of benzene rings is 1. The van der Waals surface area contributed by atoms with E-state index in [0.29, 0.717) is 12.0 Å². The minimum atomic E-state index is -1.32. The molecule has 4 amide bonds. The molecule has 0 radical (unpaired) electrons. The molecule has 0 saturated carbocycles. The molecule has 14 nitrogen and oxygen atoms in total. The maximum absolute atomic E-state index is 14.1. The summed E-state index contributed by atoms with van der Waals surface area (Å²) in [6.45, 7) is 0.774. The number of hydroxylamine groups is 2. The van der Waals surface area contributed by atoms with Gasteiger partial charge in [-0.2, -0.15) is 5.01 Å². The molecule has 4 atom stereocenters. The number of carboxylic acids is 1. The SMILES string of the molecule is CC(=O)Nc1ccc(C(=O)NC2CCC(=O)N3CNCC(C(=O)NC(C=O)CC(=O)O)C[N+]23[O-])cc1. The Morgan fingerprint density at radius 3 is 2.58 bits per heavy atom. The molecular weight excluding hydrogens is 476 g/mol. The Kier molecular flexibility index (Phi) is 8.34. The number of anilines is 1. The van der Waals surface area contributed by atoms with Gasteiger partial charge < -0.3 is 31.1 Å². The van der Waals surface area contributed by atoms with E-state index < -0.39 is 59.5 Å². The van der Waals surface area contributed by atoms with Gasteiger partial charge in [0.25, 0.3) is 11.8 Å². The van der Waals surface area contributed by atoms with Gasteiger partial charge in [-0.25, -0.2) is 4.76 Å². The third kappa shape index (κ3) is 6.21. The number of quaternary nitrogens is 1. The minimum Gasteiger partial charge on any atom is -0.604 e. The van der Waals surface area contributed by atoms with Crippen LogP contribution in [0.15, 0.2) is 24.3 Å². The zero-order chi connectivity index (χ0) is 26.5. The summed E-state index contributed by atoms with van der Waals surface area (Å²) in [5, 5.41) is 34.4. The van der Waals surface area contributed by atoms with Crippen molar-refractivity contribution in [2.45, 2.75) is 38.4 Å². The predicted molar refractivity (Wildman–Crippen MR) is 123 cm³/mol. The largest absolute Gasteiger partial charge is 0.604 e. The number of carbonyl (C=O) groups excluding carboxylic acids is 5. The summed E-state index contributed by atoms with van der Waals surface area (Å²) in [5.74, 6) is -4.29. The fourth-order valence-corrected chi connectivity index (χ4v) is 4.22. The van der Waals surface area contributed by atoms with Crippen molar-refractivity contribution in [2.75, 3.05) is 25.1 Å². The van der Waals surface area contributed by atoms with Gasteiger partial charge in [0.2, 0.25) is 11.8 Å². The Morgan fingerprint density at radius 2 is 1.97 bits per heavy atom. The fourth-order valence-electron chi connectivity index (χ4n) is 4.22. The number of rotatable bonds is 8. The van der Waals surface area contributed by atoms with Crippen molar-refractivity contribution in [3.63, 3.8) is 0 Å². The van der Waals surface area contributed by atoms with Gasteiger partial charge >= 0.3 is 5.97 Å². The summed E-state index contributed by atoms with van der Waals surface area (Å²) in [7, 11) is 0. The fraction of sp³-hybridized carbons (Fsp3) is 0.455. The molecule has 36 heavy (non-hydrogen) atoms. The highest BCUT2D eigenvalue weighted by Gasteiger charge is 2.48. The number of aldehydes is 1. The van der Waals surface area contributed by atoms with Gasteiger partial charge in [0.15, 0.2) is 6.17 Å². The Morgan fingerprint density at radius 1 is 1.28 bits per heavy atom. The standard InChI is InChI=1S/C22H28N6O8/c1-13(30)24-16-4-2-14(3-5-16)21(34)26-18-6-7-19(31)27-12-23-9-15(10-28(18,27)36)22(35)25-17(11-29)8-20(32)33/h2-5,11,15,17-18,23H,6-10,12H2,1H3,(H,24,30)(H,25,35)(H,26,34)(H,32,33). The molecule has 0 spiro atoms. The molecule has 0 aromatic heterocycles. The first kappa shape index (κ1) is 26.7. The second-order valence-corrected chi connectivity index (χ2v) is 8.68. The van der Waals surface area contributed by atoms with Crippen molar-refractivity contribution in [2.24, 2.45) is 5.92 Å². The molecular formula is C22H28N6O8. The Labute approximate surface area is 206 Å². The smallest absolute Gasteiger partial charge is 0.305 e. The lowest BCUT2D eigenvalue weighted by atomic mass is 10.1. The number of amides is 4. The van der Waals surface area contributed by atoms with Crippen LogP contribution in [-0.2, 0) is 24.0 Å². The van der Waals surface area contributed by atoms with Crippen molar-refractivity contribution in [3.8, 4) is 0 Å². The summed E-state index contributed by atoms with van der Waals surface area (Å²) in [4.78, 5) is 71.5. The van der Waals surface area contributed by atoms with Crippen LogP contribution in [0.2, 0.25) is 0 Å². The second-order valence-electron chi connectivity index (χ2n) is 8.68. The van der Waals surface area contributed by atoms with Crippen LogP contribution in [-0.4, -0.2) is 82.7 Å². The third-order valence-electron chi connectivity index (χ3n) is 5.97. The molecule has 2 fully saturated rings. The molecule has 4 unspecified atom stereocenters. The lowest BCUT2D eigenvalue weighted by molar-refractivity contribution is -1.01. The van der Waals surface area contributed by atoms with Crippen molar-refractivity contribution < 1.29 is 38.6 Å². The van der Waals surface area contributed by atoms with Gasteiger partial charge in [0.1, 0.15) is 25.4 Å². The molecule has 5 N–H and O–H groups in total. The van der Waals surface area contributed by atoms with Gasteiger partial charge in [-0.15, -0.1) is 0 Å². The van der Waals surface area contributed by atoms with Crippen LogP contribution in [0.4, 0.5) is 5.69 Å². The lowest BCUT2D eigenvalue weighted by Crippen LogP contribution is -2.72. The first-order chi connectivity index (χ1) is 17.0. The number of hydrogen-bond acceptors (Lipinski definition) is 8. The Hall–Kier alpha value is -3.88. The number of hydrogen-bond donors (Lipinski definition) is 5. The van der Waals surface area contributed by atoms with E-state index >= 15 is 0 Å². The van der Waals surface area contributed by atoms with Gasteiger partial charge in [0.05, 0.1) is 12.5 Å². The van der Waals surface area contributed by atoms with Gasteiger partial charge in [0, 0.05) is 37.6 Å². The van der Waals surface area contributed by atoms with E-state index in [1.165, 1.54) is 31.2 Å². The maximum Gasteiger partial charge on any atom is 0.305 e. The lowest BCUT2D eigenvalue weighted by Gasteiger charge is -2.55. The number of aliphatic carboxylic acids is 1. The van der Waals surface area contributed by atoms with Crippen LogP contribution in [0.25, 0.3) is 0 Å². The zero-order valence-corrected chi connectivity index (χ0v) is 19.6. The predicted octanol–water partition coefficient (Wildman–Crippen LogP) is -1.11. The Bertz CT molecular complexity index is 1050. The zero-order valence-electron chi connectivity index (χ0n) is 19.6. The van der Waals surface area contributed by atoms with E-state index in [1.54, 1.807) is 0 Å². The molecule has 0 bridgehead atoms. The van der Waals surface area contributed by atoms with E-state index in [2.05, 4.69) is 21.3 Å². The van der Waals surface area contributed by atoms with E-state index in [0.717, 1.165) is 5.01 Å². The summed E-state index contributed by atoms with van der Waals surface area (Å²) in [5.41, 5.74) is 0.716. The van der Waals surface area contributed by atoms with E-state index in [-0.39, 0.29) is 37.5 Å². The molecule has 14 heteroatoms. The summed E-state index contributed by atoms with van der Waals surface area (Å²) < 4.78 is -1.32. The quantitative estimate of drug-likeness (QED) is 0.165. The maximum atomic E-state index is 14.1. The summed E-state index contributed by atoms with van der Waals surface area (Å²) in [6.07, 6.45) is -1.34. The van der Waals surface area contributed by atoms with Crippen molar-refractivity contribution in [3.05, 3.63) is 35.0 Å². The number of carboxylic acid groups (broad SMARTS) is 1. The first-order valence-corrected chi connectivity index (χ1v) is 11.3. The van der Waals surface area contributed by atoms with Crippen molar-refractivity contribution >= 4 is 41.6 Å². The summed E-state index contributed by atoms with van der Waals surface area (Å²) in [6, 6.07) is 4.75. The molecule has 2 aliphatic heterocycles. The van der Waals surface area contributed by atoms with Gasteiger partial charge in [-0.05, 0) is 24.3 Å². The van der Waals surface area contributed by atoms with E-state index in [4.69, 9.17) is 5.11 Å².